The van der Waals surface area contributed by atoms with E-state index in [2.05, 4.69) is 5.32 Å². The van der Waals surface area contributed by atoms with Crippen LogP contribution in [0.2, 0.25) is 0 Å². The number of benzene rings is 2. The summed E-state index contributed by atoms with van der Waals surface area (Å²) in [7, 11) is 3.15. The van der Waals surface area contributed by atoms with Gasteiger partial charge < -0.3 is 19.7 Å². The number of carbonyl (C=O) groups excluding carboxylic acids is 2. The van der Waals surface area contributed by atoms with Crippen molar-refractivity contribution in [2.45, 2.75) is 25.3 Å². The molecule has 0 unspecified atom stereocenters. The molecular formula is C24H27FN2O4. The molecule has 2 aromatic rings. The Morgan fingerprint density at radius 3 is 2.45 bits per heavy atom. The summed E-state index contributed by atoms with van der Waals surface area (Å²) < 4.78 is 24.2. The summed E-state index contributed by atoms with van der Waals surface area (Å²) in [5.41, 5.74) is 1.67. The Hall–Kier alpha value is -3.09. The Bertz CT molecular complexity index is 959. The Kier molecular flexibility index (Phi) is 6.11. The second-order valence-electron chi connectivity index (χ2n) is 8.16. The molecule has 1 saturated heterocycles. The standard InChI is InChI=1S/C24H27FN2O4/c1-30-21-5-3-4-18(22(21)31-2)19-13-27(24(29)16-8-9-16)14-20(19)23(28)26-12-15-6-10-17(25)11-7-15/h3-7,10-11,16,19-20H,8-9,12-14H2,1-2H3,(H,26,28)/t19-,20+/m1/s1. The molecule has 2 aliphatic rings. The van der Waals surface area contributed by atoms with Crippen LogP contribution in [0.15, 0.2) is 42.5 Å². The highest BCUT2D eigenvalue weighted by atomic mass is 19.1. The topological polar surface area (TPSA) is 67.9 Å². The summed E-state index contributed by atoms with van der Waals surface area (Å²) in [6, 6.07) is 11.7. The fraction of sp³-hybridized carbons (Fsp3) is 0.417. The molecule has 4 rings (SSSR count). The lowest BCUT2D eigenvalue weighted by atomic mass is 9.87. The summed E-state index contributed by atoms with van der Waals surface area (Å²) in [5, 5.41) is 2.96. The third-order valence-electron chi connectivity index (χ3n) is 6.11. The van der Waals surface area contributed by atoms with Crippen LogP contribution in [-0.2, 0) is 16.1 Å². The average molecular weight is 426 g/mol. The van der Waals surface area contributed by atoms with Gasteiger partial charge in [-0.25, -0.2) is 4.39 Å². The van der Waals surface area contributed by atoms with Crippen LogP contribution in [0.3, 0.4) is 0 Å². The number of hydrogen-bond acceptors (Lipinski definition) is 4. The van der Waals surface area contributed by atoms with Gasteiger partial charge in [-0.05, 0) is 36.6 Å². The molecule has 1 saturated carbocycles. The average Bonchev–Trinajstić information content (AvgIpc) is 3.55. The van der Waals surface area contributed by atoms with E-state index in [1.807, 2.05) is 23.1 Å². The van der Waals surface area contributed by atoms with Crippen LogP contribution < -0.4 is 14.8 Å². The van der Waals surface area contributed by atoms with E-state index in [4.69, 9.17) is 9.47 Å². The lowest BCUT2D eigenvalue weighted by molar-refractivity contribution is -0.132. The summed E-state index contributed by atoms with van der Waals surface area (Å²) in [6.45, 7) is 1.14. The zero-order valence-electron chi connectivity index (χ0n) is 17.8. The first-order chi connectivity index (χ1) is 15.0. The van der Waals surface area contributed by atoms with E-state index in [-0.39, 0.29) is 29.5 Å². The van der Waals surface area contributed by atoms with E-state index in [1.165, 1.54) is 12.1 Å². The number of rotatable bonds is 7. The minimum Gasteiger partial charge on any atom is -0.493 e. The summed E-state index contributed by atoms with van der Waals surface area (Å²) in [4.78, 5) is 27.7. The maximum Gasteiger partial charge on any atom is 0.225 e. The van der Waals surface area contributed by atoms with Crippen molar-refractivity contribution in [2.75, 3.05) is 27.3 Å². The third kappa shape index (κ3) is 4.50. The predicted octanol–water partition coefficient (Wildman–Crippen LogP) is 3.11. The van der Waals surface area contributed by atoms with Crippen LogP contribution in [-0.4, -0.2) is 44.0 Å². The largest absolute Gasteiger partial charge is 0.493 e. The van der Waals surface area contributed by atoms with Crippen LogP contribution >= 0.6 is 0 Å². The van der Waals surface area contributed by atoms with E-state index in [9.17, 15) is 14.0 Å². The van der Waals surface area contributed by atoms with Crippen molar-refractivity contribution in [1.29, 1.82) is 0 Å². The molecule has 0 spiro atoms. The number of nitrogens with zero attached hydrogens (tertiary/aromatic N) is 1. The maximum absolute atomic E-state index is 13.2. The van der Waals surface area contributed by atoms with Gasteiger partial charge in [0.15, 0.2) is 11.5 Å². The Morgan fingerprint density at radius 2 is 1.81 bits per heavy atom. The van der Waals surface area contributed by atoms with Gasteiger partial charge in [-0.15, -0.1) is 0 Å². The first-order valence-electron chi connectivity index (χ1n) is 10.5. The quantitative estimate of drug-likeness (QED) is 0.739. The second-order valence-corrected chi connectivity index (χ2v) is 8.16. The number of amides is 2. The molecule has 1 aliphatic heterocycles. The van der Waals surface area contributed by atoms with Gasteiger partial charge in [0.2, 0.25) is 11.8 Å². The molecule has 2 atom stereocenters. The fourth-order valence-corrected chi connectivity index (χ4v) is 4.28. The number of carbonyl (C=O) groups is 2. The fourth-order valence-electron chi connectivity index (χ4n) is 4.28. The summed E-state index contributed by atoms with van der Waals surface area (Å²) in [5.74, 6) is 0.333. The monoisotopic (exact) mass is 426 g/mol. The van der Waals surface area contributed by atoms with Crippen LogP contribution in [0.5, 0.6) is 11.5 Å². The van der Waals surface area contributed by atoms with Crippen LogP contribution in [0.25, 0.3) is 0 Å². The molecule has 2 fully saturated rings. The Morgan fingerprint density at radius 1 is 1.06 bits per heavy atom. The zero-order valence-corrected chi connectivity index (χ0v) is 17.8. The third-order valence-corrected chi connectivity index (χ3v) is 6.11. The van der Waals surface area contributed by atoms with Crippen molar-refractivity contribution >= 4 is 11.8 Å². The van der Waals surface area contributed by atoms with Gasteiger partial charge in [0.25, 0.3) is 0 Å². The van der Waals surface area contributed by atoms with Crippen LogP contribution in [0.1, 0.15) is 29.9 Å². The molecule has 0 aromatic heterocycles. The predicted molar refractivity (Wildman–Crippen MR) is 113 cm³/mol. The number of methoxy groups -OCH3 is 2. The second kappa shape index (κ2) is 8.96. The van der Waals surface area contributed by atoms with Crippen molar-refractivity contribution in [3.05, 3.63) is 59.4 Å². The molecule has 2 amide bonds. The molecular weight excluding hydrogens is 399 g/mol. The first-order valence-corrected chi connectivity index (χ1v) is 10.5. The summed E-state index contributed by atoms with van der Waals surface area (Å²) in [6.07, 6.45) is 1.84. The Balaban J connectivity index is 1.57. The van der Waals surface area contributed by atoms with Gasteiger partial charge in [-0.2, -0.15) is 0 Å². The molecule has 7 heteroatoms. The van der Waals surface area contributed by atoms with E-state index < -0.39 is 5.92 Å². The van der Waals surface area contributed by atoms with Gasteiger partial charge in [0, 0.05) is 37.0 Å². The molecule has 0 bridgehead atoms. The minimum atomic E-state index is -0.413. The highest BCUT2D eigenvalue weighted by Gasteiger charge is 2.44. The summed E-state index contributed by atoms with van der Waals surface area (Å²) >= 11 is 0. The van der Waals surface area contributed by atoms with E-state index in [0.29, 0.717) is 31.1 Å². The van der Waals surface area contributed by atoms with Crippen molar-refractivity contribution in [3.8, 4) is 11.5 Å². The highest BCUT2D eigenvalue weighted by Crippen LogP contribution is 2.43. The van der Waals surface area contributed by atoms with Gasteiger partial charge in [0.1, 0.15) is 5.82 Å². The van der Waals surface area contributed by atoms with Crippen molar-refractivity contribution in [3.63, 3.8) is 0 Å². The van der Waals surface area contributed by atoms with E-state index >= 15 is 0 Å². The van der Waals surface area contributed by atoms with Crippen molar-refractivity contribution in [2.24, 2.45) is 11.8 Å². The normalized spacial score (nSPS) is 20.4. The lowest BCUT2D eigenvalue weighted by Gasteiger charge is -2.21. The number of halogens is 1. The molecule has 2 aromatic carbocycles. The van der Waals surface area contributed by atoms with Crippen molar-refractivity contribution < 1.29 is 23.5 Å². The van der Waals surface area contributed by atoms with Gasteiger partial charge in [-0.3, -0.25) is 9.59 Å². The first kappa shape index (κ1) is 21.2. The number of ether oxygens (including phenoxy) is 2. The smallest absolute Gasteiger partial charge is 0.225 e. The number of likely N-dealkylation sites (tertiary alicyclic amines) is 1. The Labute approximate surface area is 181 Å². The molecule has 1 heterocycles. The molecule has 0 radical (unpaired) electrons. The van der Waals surface area contributed by atoms with Gasteiger partial charge in [0.05, 0.1) is 20.1 Å². The number of hydrogen-bond donors (Lipinski definition) is 1. The molecule has 164 valence electrons. The van der Waals surface area contributed by atoms with E-state index in [1.54, 1.807) is 26.4 Å². The van der Waals surface area contributed by atoms with E-state index in [0.717, 1.165) is 24.0 Å². The van der Waals surface area contributed by atoms with Crippen LogP contribution in [0, 0.1) is 17.7 Å². The minimum absolute atomic E-state index is 0.0916. The number of nitrogens with one attached hydrogen (secondary N) is 1. The lowest BCUT2D eigenvalue weighted by Crippen LogP contribution is -2.35. The highest BCUT2D eigenvalue weighted by molar-refractivity contribution is 5.85. The number of para-hydroxylation sites is 1. The molecule has 1 N–H and O–H groups in total. The molecule has 31 heavy (non-hydrogen) atoms. The molecule has 1 aliphatic carbocycles. The van der Waals surface area contributed by atoms with Gasteiger partial charge in [-0.1, -0.05) is 24.3 Å². The zero-order chi connectivity index (χ0) is 22.0. The van der Waals surface area contributed by atoms with Crippen molar-refractivity contribution in [1.82, 2.24) is 10.2 Å². The van der Waals surface area contributed by atoms with Crippen LogP contribution in [0.4, 0.5) is 4.39 Å². The maximum atomic E-state index is 13.2. The van der Waals surface area contributed by atoms with Gasteiger partial charge >= 0.3 is 0 Å². The molecule has 6 nitrogen and oxygen atoms in total. The SMILES string of the molecule is COc1cccc([C@H]2CN(C(=O)C3CC3)C[C@@H]2C(=O)NCc2ccc(F)cc2)c1OC.